The molecule has 1 aliphatic heterocycles. The van der Waals surface area contributed by atoms with Gasteiger partial charge in [0.2, 0.25) is 0 Å². The Hall–Kier alpha value is -2.93. The largest absolute Gasteiger partial charge is 0.497 e. The van der Waals surface area contributed by atoms with E-state index in [1.54, 1.807) is 19.5 Å². The quantitative estimate of drug-likeness (QED) is 0.640. The van der Waals surface area contributed by atoms with Gasteiger partial charge >= 0.3 is 5.97 Å². The van der Waals surface area contributed by atoms with Gasteiger partial charge < -0.3 is 14.8 Å². The number of carboxylic acid groups (broad SMARTS) is 1. The summed E-state index contributed by atoms with van der Waals surface area (Å²) in [4.78, 5) is 25.9. The van der Waals surface area contributed by atoms with Crippen LogP contribution in [0.3, 0.4) is 0 Å². The van der Waals surface area contributed by atoms with Crippen molar-refractivity contribution in [2.24, 2.45) is 11.8 Å². The summed E-state index contributed by atoms with van der Waals surface area (Å²) in [6.45, 7) is 2.62. The Morgan fingerprint density at radius 2 is 2.10 bits per heavy atom. The Morgan fingerprint density at radius 1 is 1.28 bits per heavy atom. The Labute approximate surface area is 169 Å². The fraction of sp³-hybridized carbons (Fsp3) is 0.409. The number of likely N-dealkylation sites (tertiary alicyclic amines) is 1. The number of aromatic amines is 1. The number of piperidine rings is 1. The monoisotopic (exact) mass is 394 g/mol. The van der Waals surface area contributed by atoms with Crippen molar-refractivity contribution in [1.82, 2.24) is 19.9 Å². The molecule has 0 aliphatic carbocycles. The van der Waals surface area contributed by atoms with Crippen molar-refractivity contribution < 1.29 is 14.6 Å². The summed E-state index contributed by atoms with van der Waals surface area (Å²) < 4.78 is 5.23. The lowest BCUT2D eigenvalue weighted by atomic mass is 9.81. The van der Waals surface area contributed by atoms with Crippen molar-refractivity contribution in [3.05, 3.63) is 54.1 Å². The predicted molar refractivity (Wildman–Crippen MR) is 110 cm³/mol. The molecular weight excluding hydrogens is 368 g/mol. The van der Waals surface area contributed by atoms with Gasteiger partial charge in [-0.25, -0.2) is 4.98 Å². The van der Waals surface area contributed by atoms with Crippen LogP contribution in [0.1, 0.15) is 24.2 Å². The number of methoxy groups -OCH3 is 1. The van der Waals surface area contributed by atoms with E-state index in [9.17, 15) is 9.90 Å². The number of aromatic nitrogens is 3. The number of H-pyrrole nitrogens is 1. The van der Waals surface area contributed by atoms with Crippen molar-refractivity contribution >= 4 is 17.0 Å². The second-order valence-corrected chi connectivity index (χ2v) is 7.77. The SMILES string of the molecule is COc1ccc(CN2CCC(CC(=O)O)C(Cc3nc4ccncc4[nH]3)C2)cc1. The topological polar surface area (TPSA) is 91.3 Å². The first-order valence-electron chi connectivity index (χ1n) is 9.96. The molecule has 7 heteroatoms. The maximum atomic E-state index is 11.4. The number of nitrogens with one attached hydrogen (secondary N) is 1. The lowest BCUT2D eigenvalue weighted by Crippen LogP contribution is -2.41. The van der Waals surface area contributed by atoms with Gasteiger partial charge in [0, 0.05) is 32.1 Å². The van der Waals surface area contributed by atoms with Crippen LogP contribution >= 0.6 is 0 Å². The lowest BCUT2D eigenvalue weighted by molar-refractivity contribution is -0.139. The summed E-state index contributed by atoms with van der Waals surface area (Å²) in [5, 5.41) is 9.36. The van der Waals surface area contributed by atoms with Crippen LogP contribution in [0.5, 0.6) is 5.75 Å². The molecule has 7 nitrogen and oxygen atoms in total. The summed E-state index contributed by atoms with van der Waals surface area (Å²) in [7, 11) is 1.67. The summed E-state index contributed by atoms with van der Waals surface area (Å²) in [6, 6.07) is 10.0. The zero-order valence-corrected chi connectivity index (χ0v) is 16.5. The van der Waals surface area contributed by atoms with E-state index in [4.69, 9.17) is 4.74 Å². The molecule has 2 aromatic heterocycles. The average Bonchev–Trinajstić information content (AvgIpc) is 3.12. The second-order valence-electron chi connectivity index (χ2n) is 7.77. The summed E-state index contributed by atoms with van der Waals surface area (Å²) >= 11 is 0. The third-order valence-corrected chi connectivity index (χ3v) is 5.77. The van der Waals surface area contributed by atoms with E-state index in [2.05, 4.69) is 32.0 Å². The van der Waals surface area contributed by atoms with E-state index in [1.165, 1.54) is 5.56 Å². The van der Waals surface area contributed by atoms with Gasteiger partial charge in [0.1, 0.15) is 11.6 Å². The van der Waals surface area contributed by atoms with Crippen LogP contribution in [0, 0.1) is 11.8 Å². The highest BCUT2D eigenvalue weighted by atomic mass is 16.5. The van der Waals surface area contributed by atoms with Crippen molar-refractivity contribution in [2.45, 2.75) is 25.8 Å². The number of fused-ring (bicyclic) bond motifs is 1. The first kappa shape index (κ1) is 19.4. The molecule has 4 rings (SSSR count). The number of pyridine rings is 1. The van der Waals surface area contributed by atoms with Crippen LogP contribution in [-0.2, 0) is 17.8 Å². The first-order valence-corrected chi connectivity index (χ1v) is 9.96. The minimum atomic E-state index is -0.725. The summed E-state index contributed by atoms with van der Waals surface area (Å²) in [5.41, 5.74) is 3.05. The van der Waals surface area contributed by atoms with Gasteiger partial charge in [-0.1, -0.05) is 12.1 Å². The van der Waals surface area contributed by atoms with E-state index in [0.29, 0.717) is 0 Å². The number of imidazole rings is 1. The number of carboxylic acids is 1. The maximum Gasteiger partial charge on any atom is 0.303 e. The van der Waals surface area contributed by atoms with Crippen LogP contribution in [0.2, 0.25) is 0 Å². The minimum absolute atomic E-state index is 0.158. The number of benzene rings is 1. The van der Waals surface area contributed by atoms with Crippen LogP contribution in [0.4, 0.5) is 0 Å². The number of ether oxygens (including phenoxy) is 1. The van der Waals surface area contributed by atoms with Gasteiger partial charge in [-0.05, 0) is 48.6 Å². The van der Waals surface area contributed by atoms with Gasteiger partial charge in [0.15, 0.2) is 0 Å². The highest BCUT2D eigenvalue weighted by Gasteiger charge is 2.31. The fourth-order valence-electron chi connectivity index (χ4n) is 4.27. The van der Waals surface area contributed by atoms with E-state index >= 15 is 0 Å². The Balaban J connectivity index is 1.47. The third kappa shape index (κ3) is 4.74. The number of aliphatic carboxylic acids is 1. The molecule has 1 fully saturated rings. The molecule has 1 aliphatic rings. The van der Waals surface area contributed by atoms with Crippen molar-refractivity contribution in [3.63, 3.8) is 0 Å². The average molecular weight is 394 g/mol. The van der Waals surface area contributed by atoms with Gasteiger partial charge in [0.25, 0.3) is 0 Å². The molecule has 3 heterocycles. The van der Waals surface area contributed by atoms with Crippen molar-refractivity contribution in [3.8, 4) is 5.75 Å². The highest BCUT2D eigenvalue weighted by Crippen LogP contribution is 2.30. The molecular formula is C22H26N4O3. The molecule has 152 valence electrons. The minimum Gasteiger partial charge on any atom is -0.497 e. The molecule has 29 heavy (non-hydrogen) atoms. The summed E-state index contributed by atoms with van der Waals surface area (Å²) in [5.74, 6) is 1.43. The normalized spacial score (nSPS) is 20.0. The van der Waals surface area contributed by atoms with E-state index in [1.807, 2.05) is 18.2 Å². The number of rotatable bonds is 7. The zero-order chi connectivity index (χ0) is 20.2. The van der Waals surface area contributed by atoms with Gasteiger partial charge in [-0.3, -0.25) is 14.7 Å². The molecule has 2 unspecified atom stereocenters. The predicted octanol–water partition coefficient (Wildman–Crippen LogP) is 3.12. The zero-order valence-electron chi connectivity index (χ0n) is 16.5. The van der Waals surface area contributed by atoms with Crippen molar-refractivity contribution in [2.75, 3.05) is 20.2 Å². The molecule has 2 atom stereocenters. The molecule has 2 N–H and O–H groups in total. The fourth-order valence-corrected chi connectivity index (χ4v) is 4.27. The molecule has 0 radical (unpaired) electrons. The molecule has 1 saturated heterocycles. The van der Waals surface area contributed by atoms with Crippen LogP contribution in [0.25, 0.3) is 11.0 Å². The number of hydrogen-bond acceptors (Lipinski definition) is 5. The van der Waals surface area contributed by atoms with E-state index in [0.717, 1.165) is 55.1 Å². The molecule has 0 saturated carbocycles. The Kier molecular flexibility index (Phi) is 5.76. The second kappa shape index (κ2) is 8.61. The molecule has 0 spiro atoms. The molecule has 0 amide bonds. The number of nitrogens with zero attached hydrogens (tertiary/aromatic N) is 3. The van der Waals surface area contributed by atoms with Crippen LogP contribution in [0.15, 0.2) is 42.7 Å². The third-order valence-electron chi connectivity index (χ3n) is 5.77. The lowest BCUT2D eigenvalue weighted by Gasteiger charge is -2.38. The van der Waals surface area contributed by atoms with E-state index < -0.39 is 5.97 Å². The van der Waals surface area contributed by atoms with Crippen LogP contribution < -0.4 is 4.74 Å². The number of carbonyl (C=O) groups is 1. The smallest absolute Gasteiger partial charge is 0.303 e. The maximum absolute atomic E-state index is 11.4. The van der Waals surface area contributed by atoms with Gasteiger partial charge in [-0.15, -0.1) is 0 Å². The molecule has 3 aromatic rings. The summed E-state index contributed by atoms with van der Waals surface area (Å²) in [6.07, 6.45) is 5.35. The Morgan fingerprint density at radius 3 is 2.83 bits per heavy atom. The molecule has 1 aromatic carbocycles. The van der Waals surface area contributed by atoms with Crippen LogP contribution in [-0.4, -0.2) is 51.1 Å². The van der Waals surface area contributed by atoms with Crippen molar-refractivity contribution in [1.29, 1.82) is 0 Å². The van der Waals surface area contributed by atoms with E-state index in [-0.39, 0.29) is 18.3 Å². The molecule has 0 bridgehead atoms. The van der Waals surface area contributed by atoms with Gasteiger partial charge in [0.05, 0.1) is 24.3 Å². The van der Waals surface area contributed by atoms with Gasteiger partial charge in [-0.2, -0.15) is 0 Å². The standard InChI is InChI=1S/C22H26N4O3/c1-29-18-4-2-15(3-5-18)13-26-9-7-16(11-22(27)28)17(14-26)10-21-24-19-6-8-23-12-20(19)25-21/h2-6,8,12,16-17H,7,9-11,13-14H2,1H3,(H,24,25)(H,27,28). The highest BCUT2D eigenvalue weighted by molar-refractivity contribution is 5.73. The Bertz CT molecular complexity index is 937. The first-order chi connectivity index (χ1) is 14.1. The number of hydrogen-bond donors (Lipinski definition) is 2.